The molecule has 1 saturated heterocycles. The summed E-state index contributed by atoms with van der Waals surface area (Å²) in [6, 6.07) is 1.59. The van der Waals surface area contributed by atoms with Gasteiger partial charge in [-0.1, -0.05) is 0 Å². The predicted octanol–water partition coefficient (Wildman–Crippen LogP) is 2.03. The molecule has 0 spiro atoms. The molecular weight excluding hydrogens is 251 g/mol. The molecule has 0 aromatic carbocycles. The number of aromatic nitrogens is 1. The molecule has 0 bridgehead atoms. The smallest absolute Gasteiger partial charge is 0.227 e. The van der Waals surface area contributed by atoms with Crippen LogP contribution in [0.15, 0.2) is 16.7 Å². The highest BCUT2D eigenvalue weighted by Crippen LogP contribution is 2.19. The third-order valence-corrected chi connectivity index (χ3v) is 2.69. The molecule has 2 rings (SSSR count). The van der Waals surface area contributed by atoms with Crippen LogP contribution in [-0.2, 0) is 0 Å². The third-order valence-electron chi connectivity index (χ3n) is 2.13. The Bertz CT molecular complexity index is 331. The first-order valence-electron chi connectivity index (χ1n) is 4.42. The maximum Gasteiger partial charge on any atom is 0.227 e. The van der Waals surface area contributed by atoms with Gasteiger partial charge in [-0.05, 0) is 22.4 Å². The number of rotatable bonds is 3. The van der Waals surface area contributed by atoms with E-state index in [1.165, 1.54) is 12.6 Å². The summed E-state index contributed by atoms with van der Waals surface area (Å²) < 4.78 is 18.5. The molecule has 0 radical (unpaired) electrons. The van der Waals surface area contributed by atoms with Crippen LogP contribution in [0.3, 0.4) is 0 Å². The average Bonchev–Trinajstić information content (AvgIpc) is 2.08. The Morgan fingerprint density at radius 1 is 1.57 bits per heavy atom. The van der Waals surface area contributed by atoms with E-state index in [9.17, 15) is 4.39 Å². The highest BCUT2D eigenvalue weighted by Gasteiger charge is 2.13. The average molecular weight is 261 g/mol. The fourth-order valence-electron chi connectivity index (χ4n) is 1.16. The molecule has 5 heteroatoms. The topological polar surface area (TPSA) is 25.4 Å². The van der Waals surface area contributed by atoms with Gasteiger partial charge in [0.15, 0.2) is 0 Å². The van der Waals surface area contributed by atoms with Crippen LogP contribution in [0.25, 0.3) is 0 Å². The first kappa shape index (κ1) is 9.86. The van der Waals surface area contributed by atoms with Crippen molar-refractivity contribution in [3.8, 4) is 5.75 Å². The van der Waals surface area contributed by atoms with E-state index >= 15 is 0 Å². The second-order valence-electron chi connectivity index (χ2n) is 3.19. The van der Waals surface area contributed by atoms with Gasteiger partial charge in [0.25, 0.3) is 0 Å². The highest BCUT2D eigenvalue weighted by molar-refractivity contribution is 9.10. The van der Waals surface area contributed by atoms with Crippen molar-refractivity contribution in [3.63, 3.8) is 0 Å². The summed E-state index contributed by atoms with van der Waals surface area (Å²) in [6.45, 7) is 2.71. The summed E-state index contributed by atoms with van der Waals surface area (Å²) >= 11 is 3.05. The van der Waals surface area contributed by atoms with Gasteiger partial charge in [-0.25, -0.2) is 4.98 Å². The van der Waals surface area contributed by atoms with Crippen LogP contribution in [0, 0.1) is 5.95 Å². The SMILES string of the molecule is Fc1ncc(OCN2CCC2)cc1Br. The summed E-state index contributed by atoms with van der Waals surface area (Å²) in [5.74, 6) is 0.0754. The minimum absolute atomic E-state index is 0.332. The predicted molar refractivity (Wildman–Crippen MR) is 53.6 cm³/mol. The van der Waals surface area contributed by atoms with Crippen molar-refractivity contribution in [2.24, 2.45) is 0 Å². The molecule has 3 nitrogen and oxygen atoms in total. The van der Waals surface area contributed by atoms with Crippen molar-refractivity contribution >= 4 is 15.9 Å². The van der Waals surface area contributed by atoms with Gasteiger partial charge in [0, 0.05) is 19.2 Å². The number of halogens is 2. The van der Waals surface area contributed by atoms with Gasteiger partial charge in [-0.2, -0.15) is 4.39 Å². The van der Waals surface area contributed by atoms with Gasteiger partial charge in [-0.3, -0.25) is 4.90 Å². The van der Waals surface area contributed by atoms with E-state index in [1.807, 2.05) is 0 Å². The number of hydrogen-bond acceptors (Lipinski definition) is 3. The Labute approximate surface area is 90.0 Å². The fraction of sp³-hybridized carbons (Fsp3) is 0.444. The van der Waals surface area contributed by atoms with Gasteiger partial charge in [-0.15, -0.1) is 0 Å². The van der Waals surface area contributed by atoms with Crippen LogP contribution in [0.4, 0.5) is 4.39 Å². The van der Waals surface area contributed by atoms with Gasteiger partial charge < -0.3 is 4.74 Å². The van der Waals surface area contributed by atoms with Crippen molar-refractivity contribution < 1.29 is 9.13 Å². The molecular formula is C9H10BrFN2O. The quantitative estimate of drug-likeness (QED) is 0.778. The summed E-state index contributed by atoms with van der Waals surface area (Å²) in [5.41, 5.74) is 0. The van der Waals surface area contributed by atoms with Crippen LogP contribution in [-0.4, -0.2) is 29.7 Å². The van der Waals surface area contributed by atoms with Crippen molar-refractivity contribution in [1.82, 2.24) is 9.88 Å². The molecule has 0 N–H and O–H groups in total. The highest BCUT2D eigenvalue weighted by atomic mass is 79.9. The van der Waals surface area contributed by atoms with E-state index in [4.69, 9.17) is 4.74 Å². The second kappa shape index (κ2) is 4.23. The van der Waals surface area contributed by atoms with Gasteiger partial charge in [0.1, 0.15) is 12.5 Å². The van der Waals surface area contributed by atoms with Crippen LogP contribution >= 0.6 is 15.9 Å². The molecule has 0 amide bonds. The molecule has 0 unspecified atom stereocenters. The van der Waals surface area contributed by atoms with E-state index in [1.54, 1.807) is 6.07 Å². The number of hydrogen-bond donors (Lipinski definition) is 0. The fourth-order valence-corrected chi connectivity index (χ4v) is 1.49. The van der Waals surface area contributed by atoms with E-state index in [0.717, 1.165) is 13.1 Å². The van der Waals surface area contributed by atoms with Crippen LogP contribution in [0.1, 0.15) is 6.42 Å². The first-order valence-corrected chi connectivity index (χ1v) is 5.21. The molecule has 1 aromatic heterocycles. The molecule has 1 fully saturated rings. The van der Waals surface area contributed by atoms with Crippen molar-refractivity contribution in [2.75, 3.05) is 19.8 Å². The molecule has 14 heavy (non-hydrogen) atoms. The minimum atomic E-state index is -0.513. The van der Waals surface area contributed by atoms with Crippen molar-refractivity contribution in [2.45, 2.75) is 6.42 Å². The Hall–Kier alpha value is -0.680. The summed E-state index contributed by atoms with van der Waals surface area (Å²) in [4.78, 5) is 5.71. The molecule has 76 valence electrons. The summed E-state index contributed by atoms with van der Waals surface area (Å²) in [7, 11) is 0. The van der Waals surface area contributed by atoms with E-state index < -0.39 is 5.95 Å². The zero-order valence-electron chi connectivity index (χ0n) is 7.54. The maximum atomic E-state index is 12.8. The lowest BCUT2D eigenvalue weighted by atomic mass is 10.2. The molecule has 0 atom stereocenters. The summed E-state index contributed by atoms with van der Waals surface area (Å²) in [6.07, 6.45) is 2.62. The van der Waals surface area contributed by atoms with E-state index in [2.05, 4.69) is 25.8 Å². The molecule has 1 aliphatic rings. The standard InChI is InChI=1S/C9H10BrFN2O/c10-8-4-7(5-12-9(8)11)14-6-13-2-1-3-13/h4-5H,1-3,6H2. The van der Waals surface area contributed by atoms with Gasteiger partial charge in [0.2, 0.25) is 5.95 Å². The van der Waals surface area contributed by atoms with E-state index in [-0.39, 0.29) is 0 Å². The van der Waals surface area contributed by atoms with E-state index in [0.29, 0.717) is 17.0 Å². The normalized spacial score (nSPS) is 16.4. The Morgan fingerprint density at radius 3 is 2.93 bits per heavy atom. The maximum absolute atomic E-state index is 12.8. The number of likely N-dealkylation sites (tertiary alicyclic amines) is 1. The lowest BCUT2D eigenvalue weighted by Crippen LogP contribution is -2.39. The molecule has 1 aromatic rings. The first-order chi connectivity index (χ1) is 6.75. The zero-order valence-corrected chi connectivity index (χ0v) is 9.13. The number of pyridine rings is 1. The van der Waals surface area contributed by atoms with Crippen LogP contribution in [0.5, 0.6) is 5.75 Å². The summed E-state index contributed by atoms with van der Waals surface area (Å²) in [5, 5.41) is 0. The van der Waals surface area contributed by atoms with Crippen LogP contribution < -0.4 is 4.74 Å². The molecule has 0 aliphatic carbocycles. The lowest BCUT2D eigenvalue weighted by molar-refractivity contribution is 0.0727. The monoisotopic (exact) mass is 260 g/mol. The number of nitrogens with zero attached hydrogens (tertiary/aromatic N) is 2. The second-order valence-corrected chi connectivity index (χ2v) is 4.04. The van der Waals surface area contributed by atoms with Crippen molar-refractivity contribution in [1.29, 1.82) is 0 Å². The Morgan fingerprint density at radius 2 is 2.36 bits per heavy atom. The third kappa shape index (κ3) is 2.22. The molecule has 0 saturated carbocycles. The molecule has 1 aliphatic heterocycles. The van der Waals surface area contributed by atoms with Gasteiger partial charge >= 0.3 is 0 Å². The minimum Gasteiger partial charge on any atom is -0.476 e. The number of ether oxygens (including phenoxy) is 1. The van der Waals surface area contributed by atoms with Crippen LogP contribution in [0.2, 0.25) is 0 Å². The Kier molecular flexibility index (Phi) is 2.98. The Balaban J connectivity index is 1.91. The van der Waals surface area contributed by atoms with Gasteiger partial charge in [0.05, 0.1) is 10.7 Å². The molecule has 2 heterocycles. The zero-order chi connectivity index (χ0) is 9.97. The lowest BCUT2D eigenvalue weighted by Gasteiger charge is -2.30. The van der Waals surface area contributed by atoms with Crippen molar-refractivity contribution in [3.05, 3.63) is 22.7 Å². The largest absolute Gasteiger partial charge is 0.476 e.